The van der Waals surface area contributed by atoms with Crippen LogP contribution in [0.1, 0.15) is 103 Å². The number of fused-ring (bicyclic) bond motifs is 5. The van der Waals surface area contributed by atoms with Gasteiger partial charge in [0.15, 0.2) is 0 Å². The largest absolute Gasteiger partial charge is 0.427 e. The van der Waals surface area contributed by atoms with Gasteiger partial charge in [0.2, 0.25) is 0 Å². The predicted molar refractivity (Wildman–Crippen MR) is 121 cm³/mol. The molecule has 0 heterocycles. The molecule has 0 aliphatic heterocycles. The number of carbonyl (C=O) groups excluding carboxylic acids is 1. The zero-order chi connectivity index (χ0) is 21.5. The van der Waals surface area contributed by atoms with E-state index >= 15 is 0 Å². The molecule has 0 amide bonds. The van der Waals surface area contributed by atoms with Gasteiger partial charge < -0.3 is 9.84 Å². The predicted octanol–water partition coefficient (Wildman–Crippen LogP) is 6.42. The van der Waals surface area contributed by atoms with Crippen LogP contribution in [0.15, 0.2) is 18.2 Å². The summed E-state index contributed by atoms with van der Waals surface area (Å²) < 4.78 is 5.39. The first-order valence-corrected chi connectivity index (χ1v) is 12.3. The van der Waals surface area contributed by atoms with Gasteiger partial charge in [-0.3, -0.25) is 4.79 Å². The molecule has 1 N–H and O–H groups in total. The fraction of sp³-hybridized carbons (Fsp3) is 0.741. The number of hydrogen-bond acceptors (Lipinski definition) is 3. The molecule has 30 heavy (non-hydrogen) atoms. The van der Waals surface area contributed by atoms with Crippen LogP contribution in [0, 0.1) is 22.7 Å². The molecule has 3 aliphatic carbocycles. The molecule has 0 saturated heterocycles. The van der Waals surface area contributed by atoms with Crippen LogP contribution >= 0.6 is 0 Å². The molecule has 166 valence electrons. The lowest BCUT2D eigenvalue weighted by Crippen LogP contribution is -2.53. The molecule has 3 aliphatic rings. The van der Waals surface area contributed by atoms with E-state index in [4.69, 9.17) is 4.74 Å². The van der Waals surface area contributed by atoms with Crippen LogP contribution < -0.4 is 4.74 Å². The number of carbonyl (C=O) groups is 1. The van der Waals surface area contributed by atoms with Crippen LogP contribution in [0.5, 0.6) is 5.75 Å². The van der Waals surface area contributed by atoms with E-state index in [9.17, 15) is 9.90 Å². The third-order valence-electron chi connectivity index (χ3n) is 9.04. The molecule has 1 aromatic carbocycles. The van der Waals surface area contributed by atoms with E-state index in [1.807, 2.05) is 6.07 Å². The number of esters is 1. The number of hydrogen-bond donors (Lipinski definition) is 1. The number of aliphatic hydroxyl groups is 1. The lowest BCUT2D eigenvalue weighted by atomic mass is 9.44. The molecule has 4 rings (SSSR count). The van der Waals surface area contributed by atoms with Gasteiger partial charge in [0, 0.05) is 6.92 Å². The summed E-state index contributed by atoms with van der Waals surface area (Å²) in [4.78, 5) is 11.4. The number of unbranched alkanes of at least 4 members (excludes halogenated alkanes) is 3. The Hall–Kier alpha value is -1.35. The van der Waals surface area contributed by atoms with Crippen LogP contribution in [0.4, 0.5) is 0 Å². The first-order chi connectivity index (χ1) is 14.3. The van der Waals surface area contributed by atoms with Crippen molar-refractivity contribution in [2.24, 2.45) is 22.7 Å². The average Bonchev–Trinajstić information content (AvgIpc) is 3.00. The molecule has 2 fully saturated rings. The van der Waals surface area contributed by atoms with Crippen molar-refractivity contribution in [1.82, 2.24) is 0 Å². The van der Waals surface area contributed by atoms with Crippen molar-refractivity contribution in [2.75, 3.05) is 0 Å². The number of aliphatic hydroxyl groups excluding tert-OH is 1. The second kappa shape index (κ2) is 8.30. The first kappa shape index (κ1) is 21.9. The smallest absolute Gasteiger partial charge is 0.308 e. The molecule has 0 unspecified atom stereocenters. The molecule has 1 aromatic rings. The number of rotatable bonds is 6. The van der Waals surface area contributed by atoms with E-state index < -0.39 is 0 Å². The fourth-order valence-corrected chi connectivity index (χ4v) is 7.79. The second-order valence-corrected chi connectivity index (χ2v) is 10.9. The highest BCUT2D eigenvalue weighted by molar-refractivity contribution is 5.69. The van der Waals surface area contributed by atoms with Gasteiger partial charge in [-0.1, -0.05) is 52.5 Å². The molecule has 2 saturated carbocycles. The lowest BCUT2D eigenvalue weighted by Gasteiger charge is -2.60. The summed E-state index contributed by atoms with van der Waals surface area (Å²) >= 11 is 0. The maximum Gasteiger partial charge on any atom is 0.308 e. The van der Waals surface area contributed by atoms with Gasteiger partial charge in [0.05, 0.1) is 6.10 Å². The average molecular weight is 413 g/mol. The normalized spacial score (nSPS) is 37.2. The zero-order valence-corrected chi connectivity index (χ0v) is 19.4. The summed E-state index contributed by atoms with van der Waals surface area (Å²) in [6.45, 7) is 8.65. The molecule has 0 radical (unpaired) electrons. The summed E-state index contributed by atoms with van der Waals surface area (Å²) in [6, 6.07) is 6.36. The van der Waals surface area contributed by atoms with Crippen LogP contribution in [0.2, 0.25) is 0 Å². The van der Waals surface area contributed by atoms with Crippen LogP contribution in [-0.2, 0) is 11.2 Å². The molecule has 6 atom stereocenters. The van der Waals surface area contributed by atoms with Crippen molar-refractivity contribution in [3.05, 3.63) is 29.3 Å². The van der Waals surface area contributed by atoms with Crippen molar-refractivity contribution < 1.29 is 14.6 Å². The SMILES string of the molecule is CCCCCC[C@H]1C[C@@]2(C)[C@@H](CC[C@@H]2O)[C@]2(C)CCc3cc(OC(C)=O)ccc3[C@@H]12. The van der Waals surface area contributed by atoms with Gasteiger partial charge in [-0.15, -0.1) is 0 Å². The Labute approximate surface area is 182 Å². The third-order valence-corrected chi connectivity index (χ3v) is 9.04. The number of ether oxygens (including phenoxy) is 1. The van der Waals surface area contributed by atoms with Crippen molar-refractivity contribution in [3.63, 3.8) is 0 Å². The minimum Gasteiger partial charge on any atom is -0.427 e. The van der Waals surface area contributed by atoms with Crippen LogP contribution in [0.25, 0.3) is 0 Å². The highest BCUT2D eigenvalue weighted by Crippen LogP contribution is 2.69. The van der Waals surface area contributed by atoms with E-state index in [1.165, 1.54) is 56.6 Å². The lowest BCUT2D eigenvalue weighted by molar-refractivity contribution is -0.131. The fourth-order valence-electron chi connectivity index (χ4n) is 7.79. The standard InChI is InChI=1S/C27H40O3/c1-5-6-7-8-9-20-17-27(4)23(12-13-24(27)29)26(3)15-14-19-16-21(30-18(2)28)10-11-22(19)25(20)26/h10-11,16,20,23-25,29H,5-9,12-15,17H2,1-4H3/t20-,23-,24-,25+,26-,27-/m0/s1. The van der Waals surface area contributed by atoms with E-state index in [-0.39, 0.29) is 22.9 Å². The van der Waals surface area contributed by atoms with Gasteiger partial charge in [-0.25, -0.2) is 0 Å². The van der Waals surface area contributed by atoms with E-state index in [0.717, 1.165) is 25.7 Å². The summed E-state index contributed by atoms with van der Waals surface area (Å²) in [5.74, 6) is 2.20. The molecule has 3 nitrogen and oxygen atoms in total. The van der Waals surface area contributed by atoms with Crippen molar-refractivity contribution >= 4 is 5.97 Å². The quantitative estimate of drug-likeness (QED) is 0.333. The summed E-state index contributed by atoms with van der Waals surface area (Å²) in [5, 5.41) is 11.0. The first-order valence-electron chi connectivity index (χ1n) is 12.3. The monoisotopic (exact) mass is 412 g/mol. The van der Waals surface area contributed by atoms with Gasteiger partial charge in [-0.2, -0.15) is 0 Å². The Balaban J connectivity index is 1.69. The van der Waals surface area contributed by atoms with Gasteiger partial charge in [0.1, 0.15) is 5.75 Å². The van der Waals surface area contributed by atoms with Crippen molar-refractivity contribution in [1.29, 1.82) is 0 Å². The number of benzene rings is 1. The minimum atomic E-state index is -0.252. The maximum atomic E-state index is 11.4. The van der Waals surface area contributed by atoms with Gasteiger partial charge in [0.25, 0.3) is 0 Å². The van der Waals surface area contributed by atoms with Crippen LogP contribution in [0.3, 0.4) is 0 Å². The molecule has 0 spiro atoms. The summed E-state index contributed by atoms with van der Waals surface area (Å²) in [5.41, 5.74) is 3.17. The van der Waals surface area contributed by atoms with Gasteiger partial charge >= 0.3 is 5.97 Å². The summed E-state index contributed by atoms with van der Waals surface area (Å²) in [6.07, 6.45) is 11.8. The second-order valence-electron chi connectivity index (χ2n) is 10.9. The minimum absolute atomic E-state index is 0.0653. The van der Waals surface area contributed by atoms with Crippen LogP contribution in [-0.4, -0.2) is 17.2 Å². The molecule has 0 aromatic heterocycles. The Bertz CT molecular complexity index is 786. The number of aryl methyl sites for hydroxylation is 1. The Kier molecular flexibility index (Phi) is 6.05. The molecular formula is C27H40O3. The van der Waals surface area contributed by atoms with E-state index in [2.05, 4.69) is 32.9 Å². The topological polar surface area (TPSA) is 46.5 Å². The highest BCUT2D eigenvalue weighted by atomic mass is 16.5. The Morgan fingerprint density at radius 3 is 2.70 bits per heavy atom. The van der Waals surface area contributed by atoms with Gasteiger partial charge in [-0.05, 0) is 90.4 Å². The van der Waals surface area contributed by atoms with Crippen molar-refractivity contribution in [3.8, 4) is 5.75 Å². The zero-order valence-electron chi connectivity index (χ0n) is 19.4. The molecule has 0 bridgehead atoms. The maximum absolute atomic E-state index is 11.4. The van der Waals surface area contributed by atoms with Crippen molar-refractivity contribution in [2.45, 2.75) is 104 Å². The third kappa shape index (κ3) is 3.61. The Morgan fingerprint density at radius 1 is 1.17 bits per heavy atom. The molecule has 3 heteroatoms. The Morgan fingerprint density at radius 2 is 1.97 bits per heavy atom. The molecular weight excluding hydrogens is 372 g/mol. The summed E-state index contributed by atoms with van der Waals surface area (Å²) in [7, 11) is 0. The van der Waals surface area contributed by atoms with E-state index in [0.29, 0.717) is 23.5 Å². The highest BCUT2D eigenvalue weighted by Gasteiger charge is 2.62. The van der Waals surface area contributed by atoms with E-state index in [1.54, 1.807) is 0 Å².